The number of piperidine rings is 1. The van der Waals surface area contributed by atoms with Crippen molar-refractivity contribution in [3.8, 4) is 0 Å². The Balaban J connectivity index is 1.61. The molecule has 1 saturated heterocycles. The summed E-state index contributed by atoms with van der Waals surface area (Å²) < 4.78 is 1.10. The molecule has 3 aliphatic rings. The van der Waals surface area contributed by atoms with Crippen LogP contribution >= 0.6 is 50.5 Å². The second-order valence-electron chi connectivity index (χ2n) is 9.51. The maximum absolute atomic E-state index is 13.8. The summed E-state index contributed by atoms with van der Waals surface area (Å²) in [6, 6.07) is 5.68. The predicted octanol–water partition coefficient (Wildman–Crippen LogP) is 8.07. The van der Waals surface area contributed by atoms with E-state index in [0.717, 1.165) is 61.8 Å². The van der Waals surface area contributed by atoms with E-state index in [4.69, 9.17) is 23.2 Å². The smallest absolute Gasteiger partial charge is 0.243 e. The van der Waals surface area contributed by atoms with Crippen LogP contribution in [0.4, 0.5) is 5.69 Å². The van der Waals surface area contributed by atoms with Crippen molar-refractivity contribution in [3.05, 3.63) is 65.9 Å². The first-order chi connectivity index (χ1) is 17.0. The van der Waals surface area contributed by atoms with Gasteiger partial charge in [0.05, 0.1) is 16.6 Å². The van der Waals surface area contributed by atoms with Gasteiger partial charge in [-0.15, -0.1) is 0 Å². The van der Waals surface area contributed by atoms with E-state index in [2.05, 4.69) is 55.0 Å². The number of hydrazine groups is 1. The van der Waals surface area contributed by atoms with Gasteiger partial charge < -0.3 is 4.90 Å². The molecule has 0 spiro atoms. The van der Waals surface area contributed by atoms with Crippen LogP contribution in [-0.2, 0) is 4.79 Å². The molecule has 1 aromatic heterocycles. The Bertz CT molecular complexity index is 1170. The average molecular weight is 595 g/mol. The van der Waals surface area contributed by atoms with Crippen molar-refractivity contribution in [2.24, 2.45) is 5.92 Å². The first kappa shape index (κ1) is 25.3. The summed E-state index contributed by atoms with van der Waals surface area (Å²) in [5.41, 5.74) is 9.05. The molecule has 5 rings (SSSR count). The molecule has 1 aliphatic carbocycles. The first-order valence-electron chi connectivity index (χ1n) is 12.4. The lowest BCUT2D eigenvalue weighted by Gasteiger charge is -2.34. The number of rotatable bonds is 5. The van der Waals surface area contributed by atoms with Gasteiger partial charge in [0.15, 0.2) is 0 Å². The molecule has 2 unspecified atom stereocenters. The second kappa shape index (κ2) is 11.0. The van der Waals surface area contributed by atoms with Crippen molar-refractivity contribution < 1.29 is 4.79 Å². The third-order valence-electron chi connectivity index (χ3n) is 7.30. The minimum atomic E-state index is -0.210. The van der Waals surface area contributed by atoms with Crippen LogP contribution in [0.3, 0.4) is 0 Å². The number of thiophene rings is 1. The Labute approximate surface area is 230 Å². The highest BCUT2D eigenvalue weighted by Gasteiger charge is 2.46. The Hall–Kier alpha value is -1.31. The Kier molecular flexibility index (Phi) is 7.95. The van der Waals surface area contributed by atoms with Crippen molar-refractivity contribution in [2.45, 2.75) is 57.9 Å². The summed E-state index contributed by atoms with van der Waals surface area (Å²) in [5.74, 6) is -0.102. The van der Waals surface area contributed by atoms with Gasteiger partial charge in [-0.3, -0.25) is 10.2 Å². The van der Waals surface area contributed by atoms with Crippen LogP contribution in [0.1, 0.15) is 57.4 Å². The minimum absolute atomic E-state index is 0.00381. The molecule has 0 bridgehead atoms. The van der Waals surface area contributed by atoms with E-state index in [1.165, 1.54) is 28.8 Å². The highest BCUT2D eigenvalue weighted by atomic mass is 79.9. The summed E-state index contributed by atoms with van der Waals surface area (Å²) in [5, 5.41) is 7.61. The SMILES string of the molecule is CCC1C(C(=O)NN2CCCCC2)C2=C(/C(=C/c3cscc3Br)CCC2)N1c1ccc(Cl)cc1Cl. The molecule has 3 heterocycles. The summed E-state index contributed by atoms with van der Waals surface area (Å²) in [6.45, 7) is 4.01. The fourth-order valence-corrected chi connectivity index (χ4v) is 7.62. The molecule has 0 saturated carbocycles. The number of carbonyl (C=O) groups excluding carboxylic acids is 1. The molecule has 1 N–H and O–H groups in total. The Morgan fingerprint density at radius 1 is 1.17 bits per heavy atom. The number of anilines is 1. The summed E-state index contributed by atoms with van der Waals surface area (Å²) in [4.78, 5) is 16.2. The summed E-state index contributed by atoms with van der Waals surface area (Å²) >= 11 is 18.4. The van der Waals surface area contributed by atoms with E-state index in [-0.39, 0.29) is 17.9 Å². The molecule has 1 fully saturated rings. The second-order valence-corrected chi connectivity index (χ2v) is 12.0. The number of halogens is 3. The van der Waals surface area contributed by atoms with Gasteiger partial charge in [-0.1, -0.05) is 36.5 Å². The monoisotopic (exact) mass is 593 g/mol. The minimum Gasteiger partial charge on any atom is -0.336 e. The van der Waals surface area contributed by atoms with E-state index >= 15 is 0 Å². The van der Waals surface area contributed by atoms with Crippen molar-refractivity contribution >= 4 is 68.1 Å². The third-order valence-corrected chi connectivity index (χ3v) is 9.59. The normalized spacial score (nSPS) is 24.2. The Morgan fingerprint density at radius 2 is 1.97 bits per heavy atom. The zero-order chi connectivity index (χ0) is 24.5. The van der Waals surface area contributed by atoms with Crippen LogP contribution in [0.25, 0.3) is 6.08 Å². The molecule has 186 valence electrons. The fraction of sp³-hybridized carbons (Fsp3) is 0.444. The van der Waals surface area contributed by atoms with Crippen molar-refractivity contribution in [2.75, 3.05) is 18.0 Å². The molecular weight excluding hydrogens is 565 g/mol. The molecule has 2 aromatic rings. The van der Waals surface area contributed by atoms with Gasteiger partial charge >= 0.3 is 0 Å². The first-order valence-corrected chi connectivity index (χ1v) is 14.9. The highest BCUT2D eigenvalue weighted by Crippen LogP contribution is 2.50. The largest absolute Gasteiger partial charge is 0.336 e. The molecule has 8 heteroatoms. The average Bonchev–Trinajstić information content (AvgIpc) is 3.40. The van der Waals surface area contributed by atoms with E-state index in [9.17, 15) is 4.79 Å². The zero-order valence-corrected chi connectivity index (χ0v) is 23.7. The number of allylic oxidation sites excluding steroid dienone is 1. The number of amides is 1. The molecule has 4 nitrogen and oxygen atoms in total. The van der Waals surface area contributed by atoms with Gasteiger partial charge in [0, 0.05) is 39.7 Å². The van der Waals surface area contributed by atoms with E-state index in [1.807, 2.05) is 12.1 Å². The van der Waals surface area contributed by atoms with Crippen LogP contribution in [0.5, 0.6) is 0 Å². The number of carbonyl (C=O) groups is 1. The highest BCUT2D eigenvalue weighted by molar-refractivity contribution is 9.10. The summed E-state index contributed by atoms with van der Waals surface area (Å²) in [6.07, 6.45) is 9.54. The van der Waals surface area contributed by atoms with Crippen LogP contribution < -0.4 is 10.3 Å². The third kappa shape index (κ3) is 5.10. The maximum atomic E-state index is 13.8. The van der Waals surface area contributed by atoms with Crippen LogP contribution in [0, 0.1) is 5.92 Å². The summed E-state index contributed by atoms with van der Waals surface area (Å²) in [7, 11) is 0. The molecule has 0 radical (unpaired) electrons. The lowest BCUT2D eigenvalue weighted by molar-refractivity contribution is -0.129. The molecular formula is C27H30BrCl2N3OS. The van der Waals surface area contributed by atoms with Crippen molar-refractivity contribution in [1.29, 1.82) is 0 Å². The quantitative estimate of drug-likeness (QED) is 0.380. The maximum Gasteiger partial charge on any atom is 0.243 e. The van der Waals surface area contributed by atoms with Crippen molar-refractivity contribution in [1.82, 2.24) is 10.4 Å². The van der Waals surface area contributed by atoms with Crippen LogP contribution in [0.15, 0.2) is 50.3 Å². The van der Waals surface area contributed by atoms with Crippen LogP contribution in [0.2, 0.25) is 10.0 Å². The Morgan fingerprint density at radius 3 is 2.66 bits per heavy atom. The topological polar surface area (TPSA) is 35.6 Å². The molecule has 2 atom stereocenters. The number of nitrogens with zero attached hydrogens (tertiary/aromatic N) is 2. The van der Waals surface area contributed by atoms with Gasteiger partial charge in [0.2, 0.25) is 5.91 Å². The zero-order valence-electron chi connectivity index (χ0n) is 19.8. The number of benzene rings is 1. The van der Waals surface area contributed by atoms with E-state index < -0.39 is 0 Å². The lowest BCUT2D eigenvalue weighted by atomic mass is 9.84. The van der Waals surface area contributed by atoms with Gasteiger partial charge in [-0.05, 0) is 101 Å². The molecule has 1 aromatic carbocycles. The van der Waals surface area contributed by atoms with Crippen LogP contribution in [-0.4, -0.2) is 30.0 Å². The van der Waals surface area contributed by atoms with Crippen molar-refractivity contribution in [3.63, 3.8) is 0 Å². The fourth-order valence-electron chi connectivity index (χ4n) is 5.75. The van der Waals surface area contributed by atoms with Gasteiger partial charge in [0.1, 0.15) is 0 Å². The number of nitrogens with one attached hydrogen (secondary N) is 1. The van der Waals surface area contributed by atoms with Gasteiger partial charge in [0.25, 0.3) is 0 Å². The lowest BCUT2D eigenvalue weighted by Crippen LogP contribution is -2.50. The van der Waals surface area contributed by atoms with Gasteiger partial charge in [-0.2, -0.15) is 11.3 Å². The molecule has 1 amide bonds. The van der Waals surface area contributed by atoms with E-state index in [1.54, 1.807) is 17.4 Å². The predicted molar refractivity (Wildman–Crippen MR) is 151 cm³/mol. The molecule has 35 heavy (non-hydrogen) atoms. The molecule has 2 aliphatic heterocycles. The van der Waals surface area contributed by atoms with E-state index in [0.29, 0.717) is 10.0 Å². The number of hydrogen-bond acceptors (Lipinski definition) is 4. The number of hydrogen-bond donors (Lipinski definition) is 1. The standard InChI is InChI=1S/C27H30BrCl2N3OS/c1-2-23-25(27(34)31-32-11-4-3-5-12-32)20-8-6-7-17(13-18-15-35-16-21(18)28)26(20)33(23)24-10-9-19(29)14-22(24)30/h9-10,13-16,23,25H,2-8,11-12H2,1H3,(H,31,34)/b17-13+. The van der Waals surface area contributed by atoms with Gasteiger partial charge in [-0.25, -0.2) is 5.01 Å².